The molecule has 2 aromatic carbocycles. The summed E-state index contributed by atoms with van der Waals surface area (Å²) in [6.07, 6.45) is 0.546. The van der Waals surface area contributed by atoms with Crippen LogP contribution in [0.15, 0.2) is 47.4 Å². The number of carbonyl (C=O) groups is 2. The van der Waals surface area contributed by atoms with Crippen molar-refractivity contribution < 1.29 is 32.0 Å². The van der Waals surface area contributed by atoms with Crippen molar-refractivity contribution in [2.45, 2.75) is 55.8 Å². The van der Waals surface area contributed by atoms with Crippen molar-refractivity contribution in [3.8, 4) is 5.75 Å². The Morgan fingerprint density at radius 1 is 1.09 bits per heavy atom. The molecule has 35 heavy (non-hydrogen) atoms. The number of rotatable bonds is 8. The lowest BCUT2D eigenvalue weighted by molar-refractivity contribution is -0.274. The van der Waals surface area contributed by atoms with E-state index < -0.39 is 35.4 Å². The topological polar surface area (TPSA) is 103 Å². The highest BCUT2D eigenvalue weighted by Crippen LogP contribution is 2.28. The summed E-state index contributed by atoms with van der Waals surface area (Å²) in [5.74, 6) is -1.41. The van der Waals surface area contributed by atoms with Gasteiger partial charge in [0.15, 0.2) is 4.90 Å². The van der Waals surface area contributed by atoms with Gasteiger partial charge in [-0.15, -0.1) is 17.9 Å². The van der Waals surface area contributed by atoms with Crippen LogP contribution in [0.25, 0.3) is 0 Å². The first kappa shape index (κ1) is 27.0. The molecule has 1 aliphatic carbocycles. The number of ether oxygens (including phenoxy) is 1. The van der Waals surface area contributed by atoms with Crippen molar-refractivity contribution >= 4 is 34.9 Å². The number of hydrogen-bond donors (Lipinski definition) is 3. The van der Waals surface area contributed by atoms with Crippen LogP contribution in [0.5, 0.6) is 5.75 Å². The third-order valence-electron chi connectivity index (χ3n) is 5.37. The van der Waals surface area contributed by atoms with Crippen molar-refractivity contribution in [3.63, 3.8) is 0 Å². The van der Waals surface area contributed by atoms with E-state index in [2.05, 4.69) is 20.1 Å². The van der Waals surface area contributed by atoms with Crippen molar-refractivity contribution in [2.75, 3.05) is 6.54 Å². The molecule has 2 aromatic rings. The van der Waals surface area contributed by atoms with Crippen LogP contribution in [-0.4, -0.2) is 35.4 Å². The maximum atomic E-state index is 12.6. The number of hydrogen-bond acceptors (Lipinski definition) is 4. The quantitative estimate of drug-likeness (QED) is 0.423. The molecule has 0 spiro atoms. The molecule has 0 radical (unpaired) electrons. The van der Waals surface area contributed by atoms with Crippen molar-refractivity contribution in [3.05, 3.63) is 58.6 Å². The Morgan fingerprint density at radius 2 is 1.77 bits per heavy atom. The predicted octanol–water partition coefficient (Wildman–Crippen LogP) is 4.87. The van der Waals surface area contributed by atoms with Crippen molar-refractivity contribution in [2.24, 2.45) is 0 Å². The van der Waals surface area contributed by atoms with E-state index in [1.165, 1.54) is 6.07 Å². The highest BCUT2D eigenvalue weighted by atomic mass is 35.5. The molecule has 0 aromatic heterocycles. The third kappa shape index (κ3) is 8.83. The molecule has 0 saturated heterocycles. The molecule has 1 aliphatic rings. The fraction of sp³-hybridized carbons (Fsp3) is 0.391. The molecule has 0 aliphatic heterocycles. The number of alkyl halides is 3. The molecule has 0 heterocycles. The molecule has 3 amide bonds. The van der Waals surface area contributed by atoms with E-state index in [4.69, 9.17) is 11.6 Å². The fourth-order valence-corrected chi connectivity index (χ4v) is 4.59. The van der Waals surface area contributed by atoms with E-state index in [1.807, 2.05) is 0 Å². The second-order valence-corrected chi connectivity index (χ2v) is 9.67. The molecule has 0 bridgehead atoms. The van der Waals surface area contributed by atoms with Gasteiger partial charge in [0.05, 0.1) is 5.56 Å². The monoisotopic (exact) mass is 531 g/mol. The third-order valence-corrected chi connectivity index (χ3v) is 6.68. The SMILES string of the molecule is O=C(NC1CCCCC1)N[S+]([O-])c1ccc(CCNC(=O)c2cc(Cl)ccc2OC(F)(F)F)cc1. The minimum Gasteiger partial charge on any atom is -0.588 e. The molecule has 1 unspecified atom stereocenters. The van der Waals surface area contributed by atoms with Crippen molar-refractivity contribution in [1.82, 2.24) is 15.4 Å². The molecule has 3 N–H and O–H groups in total. The summed E-state index contributed by atoms with van der Waals surface area (Å²) in [6.45, 7) is 0.126. The standard InChI is InChI=1S/C23H25ClF3N3O4S/c24-16-8-11-20(34-23(25,26)27)19(14-16)21(31)28-13-12-15-6-9-18(10-7-15)35(33)30-22(32)29-17-4-2-1-3-5-17/h6-11,14,17H,1-5,12-13H2,(H,28,31)(H2,29,30,32). The Balaban J connectivity index is 1.48. The number of amides is 3. The molecular weight excluding hydrogens is 507 g/mol. The predicted molar refractivity (Wildman–Crippen MR) is 126 cm³/mol. The van der Waals surface area contributed by atoms with E-state index in [0.29, 0.717) is 11.3 Å². The zero-order valence-electron chi connectivity index (χ0n) is 18.6. The largest absolute Gasteiger partial charge is 0.588 e. The lowest BCUT2D eigenvalue weighted by Gasteiger charge is -2.22. The average Bonchev–Trinajstić information content (AvgIpc) is 2.80. The van der Waals surface area contributed by atoms with Gasteiger partial charge >= 0.3 is 12.4 Å². The summed E-state index contributed by atoms with van der Waals surface area (Å²) in [7, 11) is 0. The summed E-state index contributed by atoms with van der Waals surface area (Å²) in [5.41, 5.74) is 0.453. The van der Waals surface area contributed by atoms with Crippen molar-refractivity contribution in [1.29, 1.82) is 0 Å². The number of nitrogens with one attached hydrogen (secondary N) is 3. The van der Waals surface area contributed by atoms with Gasteiger partial charge in [-0.05, 0) is 55.2 Å². The Labute approximate surface area is 209 Å². The van der Waals surface area contributed by atoms with E-state index in [-0.39, 0.29) is 23.2 Å². The van der Waals surface area contributed by atoms with Crippen LogP contribution in [-0.2, 0) is 17.8 Å². The van der Waals surface area contributed by atoms with E-state index >= 15 is 0 Å². The summed E-state index contributed by atoms with van der Waals surface area (Å²) in [6, 6.07) is 9.47. The van der Waals surface area contributed by atoms with Crippen LogP contribution < -0.4 is 20.1 Å². The maximum absolute atomic E-state index is 12.6. The zero-order chi connectivity index (χ0) is 25.4. The zero-order valence-corrected chi connectivity index (χ0v) is 20.2. The van der Waals surface area contributed by atoms with Gasteiger partial charge in [0, 0.05) is 17.6 Å². The molecule has 1 atom stereocenters. The minimum atomic E-state index is -4.95. The van der Waals surface area contributed by atoms with Gasteiger partial charge in [0.1, 0.15) is 17.1 Å². The first-order valence-electron chi connectivity index (χ1n) is 11.0. The van der Waals surface area contributed by atoms with Gasteiger partial charge < -0.3 is 19.9 Å². The second kappa shape index (κ2) is 12.4. The van der Waals surface area contributed by atoms with Crippen LogP contribution in [0.4, 0.5) is 18.0 Å². The molecule has 7 nitrogen and oxygen atoms in total. The van der Waals surface area contributed by atoms with Crippen LogP contribution in [0, 0.1) is 0 Å². The van der Waals surface area contributed by atoms with E-state index in [9.17, 15) is 27.3 Å². The summed E-state index contributed by atoms with van der Waals surface area (Å²) < 4.78 is 56.5. The smallest absolute Gasteiger partial charge is 0.573 e. The Hall–Kier alpha value is -2.63. The van der Waals surface area contributed by atoms with Gasteiger partial charge in [-0.1, -0.05) is 43.0 Å². The van der Waals surface area contributed by atoms with Crippen LogP contribution in [0.1, 0.15) is 48.0 Å². The van der Waals surface area contributed by atoms with Crippen LogP contribution >= 0.6 is 11.6 Å². The van der Waals surface area contributed by atoms with E-state index in [1.54, 1.807) is 24.3 Å². The molecule has 1 saturated carbocycles. The Morgan fingerprint density at radius 3 is 2.43 bits per heavy atom. The highest BCUT2D eigenvalue weighted by Gasteiger charge is 2.33. The molecular formula is C23H25ClF3N3O4S. The fourth-order valence-electron chi connectivity index (χ4n) is 3.69. The average molecular weight is 532 g/mol. The second-order valence-electron chi connectivity index (χ2n) is 8.02. The maximum Gasteiger partial charge on any atom is 0.573 e. The molecule has 3 rings (SSSR count). The lowest BCUT2D eigenvalue weighted by Crippen LogP contribution is -2.45. The number of benzene rings is 2. The first-order valence-corrected chi connectivity index (χ1v) is 12.5. The van der Waals surface area contributed by atoms with Gasteiger partial charge in [-0.3, -0.25) is 4.79 Å². The Kier molecular flexibility index (Phi) is 9.53. The summed E-state index contributed by atoms with van der Waals surface area (Å²) in [5, 5.41) is 5.46. The van der Waals surface area contributed by atoms with Gasteiger partial charge in [0.25, 0.3) is 5.91 Å². The van der Waals surface area contributed by atoms with Crippen LogP contribution in [0.2, 0.25) is 5.02 Å². The van der Waals surface area contributed by atoms with Crippen LogP contribution in [0.3, 0.4) is 0 Å². The normalized spacial score (nSPS) is 15.2. The minimum absolute atomic E-state index is 0.0919. The molecule has 190 valence electrons. The van der Waals surface area contributed by atoms with Gasteiger partial charge in [0.2, 0.25) is 0 Å². The Bertz CT molecular complexity index is 1020. The molecule has 12 heteroatoms. The van der Waals surface area contributed by atoms with Gasteiger partial charge in [-0.25, -0.2) is 4.79 Å². The number of halogens is 4. The highest BCUT2D eigenvalue weighted by molar-refractivity contribution is 7.90. The number of urea groups is 1. The summed E-state index contributed by atoms with van der Waals surface area (Å²) in [4.78, 5) is 24.9. The summed E-state index contributed by atoms with van der Waals surface area (Å²) >= 11 is 4.08. The molecule has 1 fully saturated rings. The lowest BCUT2D eigenvalue weighted by atomic mass is 9.96. The van der Waals surface area contributed by atoms with Gasteiger partial charge in [-0.2, -0.15) is 0 Å². The number of carbonyl (C=O) groups excluding carboxylic acids is 2. The van der Waals surface area contributed by atoms with E-state index in [0.717, 1.165) is 49.8 Å². The first-order chi connectivity index (χ1) is 16.6.